The molecule has 2 aromatic rings. The lowest BCUT2D eigenvalue weighted by Crippen LogP contribution is -2.28. The second-order valence-corrected chi connectivity index (χ2v) is 4.03. The Morgan fingerprint density at radius 1 is 1.20 bits per heavy atom. The molecule has 0 bridgehead atoms. The van der Waals surface area contributed by atoms with E-state index < -0.39 is 24.3 Å². The van der Waals surface area contributed by atoms with Crippen LogP contribution < -0.4 is 5.32 Å². The smallest absolute Gasteiger partial charge is 0.355 e. The molecule has 0 fully saturated rings. The van der Waals surface area contributed by atoms with Crippen LogP contribution in [0, 0.1) is 5.82 Å². The van der Waals surface area contributed by atoms with Crippen molar-refractivity contribution in [1.82, 2.24) is 10.3 Å². The zero-order chi connectivity index (χ0) is 14.4. The van der Waals surface area contributed by atoms with Crippen molar-refractivity contribution in [3.05, 3.63) is 59.7 Å². The molecule has 0 aliphatic rings. The van der Waals surface area contributed by atoms with Gasteiger partial charge in [0.15, 0.2) is 6.61 Å². The first-order valence-electron chi connectivity index (χ1n) is 5.97. The molecule has 1 aromatic carbocycles. The van der Waals surface area contributed by atoms with E-state index in [-0.39, 0.29) is 12.2 Å². The zero-order valence-electron chi connectivity index (χ0n) is 10.6. The molecule has 0 saturated heterocycles. The highest BCUT2D eigenvalue weighted by molar-refractivity contribution is 5.89. The summed E-state index contributed by atoms with van der Waals surface area (Å²) in [5, 5.41) is 2.47. The third-order valence-corrected chi connectivity index (χ3v) is 2.59. The number of hydrogen-bond donors (Lipinski definition) is 2. The molecule has 0 spiro atoms. The third-order valence-electron chi connectivity index (χ3n) is 2.59. The average molecular weight is 276 g/mol. The van der Waals surface area contributed by atoms with Crippen LogP contribution in [0.2, 0.25) is 0 Å². The van der Waals surface area contributed by atoms with Crippen LogP contribution in [0.25, 0.3) is 0 Å². The van der Waals surface area contributed by atoms with E-state index >= 15 is 0 Å². The fourth-order valence-electron chi connectivity index (χ4n) is 1.55. The minimum absolute atomic E-state index is 0.0472. The molecule has 0 aliphatic heterocycles. The first-order valence-corrected chi connectivity index (χ1v) is 5.97. The average Bonchev–Trinajstić information content (AvgIpc) is 2.98. The van der Waals surface area contributed by atoms with Crippen LogP contribution in [0.5, 0.6) is 0 Å². The lowest BCUT2D eigenvalue weighted by atomic mass is 10.2. The number of aromatic amines is 1. The van der Waals surface area contributed by atoms with Crippen molar-refractivity contribution in [3.8, 4) is 0 Å². The first kappa shape index (κ1) is 13.8. The summed E-state index contributed by atoms with van der Waals surface area (Å²) in [7, 11) is 0. The van der Waals surface area contributed by atoms with Gasteiger partial charge < -0.3 is 15.0 Å². The highest BCUT2D eigenvalue weighted by Crippen LogP contribution is 2.05. The van der Waals surface area contributed by atoms with Crippen LogP contribution in [0.4, 0.5) is 4.39 Å². The number of amides is 1. The van der Waals surface area contributed by atoms with E-state index in [4.69, 9.17) is 4.74 Å². The molecule has 2 rings (SSSR count). The summed E-state index contributed by atoms with van der Waals surface area (Å²) in [4.78, 5) is 25.6. The SMILES string of the molecule is O=C(COC(=O)c1ccc[nH]1)NCc1ccccc1F. The maximum Gasteiger partial charge on any atom is 0.355 e. The Hall–Kier alpha value is -2.63. The quantitative estimate of drug-likeness (QED) is 0.815. The highest BCUT2D eigenvalue weighted by Gasteiger charge is 2.10. The number of nitrogens with one attached hydrogen (secondary N) is 2. The van der Waals surface area contributed by atoms with Gasteiger partial charge in [-0.25, -0.2) is 9.18 Å². The van der Waals surface area contributed by atoms with Crippen LogP contribution in [0.1, 0.15) is 16.1 Å². The van der Waals surface area contributed by atoms with Crippen molar-refractivity contribution in [3.63, 3.8) is 0 Å². The van der Waals surface area contributed by atoms with Gasteiger partial charge in [-0.3, -0.25) is 4.79 Å². The van der Waals surface area contributed by atoms with Crippen LogP contribution in [-0.2, 0) is 16.1 Å². The van der Waals surface area contributed by atoms with E-state index in [1.165, 1.54) is 6.07 Å². The number of hydrogen-bond acceptors (Lipinski definition) is 3. The molecule has 0 aliphatic carbocycles. The van der Waals surface area contributed by atoms with Crippen molar-refractivity contribution in [2.75, 3.05) is 6.61 Å². The number of carbonyl (C=O) groups is 2. The Morgan fingerprint density at radius 2 is 2.00 bits per heavy atom. The Morgan fingerprint density at radius 3 is 2.70 bits per heavy atom. The molecule has 0 atom stereocenters. The Kier molecular flexibility index (Phi) is 4.49. The molecule has 1 amide bonds. The minimum Gasteiger partial charge on any atom is -0.451 e. The van der Waals surface area contributed by atoms with Gasteiger partial charge in [-0.1, -0.05) is 18.2 Å². The van der Waals surface area contributed by atoms with E-state index in [0.29, 0.717) is 5.56 Å². The van der Waals surface area contributed by atoms with Gasteiger partial charge in [0.2, 0.25) is 0 Å². The van der Waals surface area contributed by atoms with Gasteiger partial charge in [0, 0.05) is 18.3 Å². The van der Waals surface area contributed by atoms with Crippen LogP contribution >= 0.6 is 0 Å². The van der Waals surface area contributed by atoms with Crippen LogP contribution in [0.3, 0.4) is 0 Å². The largest absolute Gasteiger partial charge is 0.451 e. The van der Waals surface area contributed by atoms with Crippen molar-refractivity contribution in [2.24, 2.45) is 0 Å². The number of halogens is 1. The topological polar surface area (TPSA) is 71.2 Å². The van der Waals surface area contributed by atoms with Crippen molar-refractivity contribution >= 4 is 11.9 Å². The molecular weight excluding hydrogens is 263 g/mol. The molecule has 5 nitrogen and oxygen atoms in total. The predicted octanol–water partition coefficient (Wildman–Crippen LogP) is 1.63. The molecule has 0 unspecified atom stereocenters. The van der Waals surface area contributed by atoms with Gasteiger partial charge in [0.25, 0.3) is 5.91 Å². The summed E-state index contributed by atoms with van der Waals surface area (Å²) in [5.74, 6) is -1.50. The summed E-state index contributed by atoms with van der Waals surface area (Å²) in [6, 6.07) is 9.32. The second kappa shape index (κ2) is 6.51. The van der Waals surface area contributed by atoms with Crippen LogP contribution in [0.15, 0.2) is 42.6 Å². The number of ether oxygens (including phenoxy) is 1. The summed E-state index contributed by atoms with van der Waals surface area (Å²) >= 11 is 0. The molecule has 0 saturated carbocycles. The fraction of sp³-hybridized carbons (Fsp3) is 0.143. The van der Waals surface area contributed by atoms with Gasteiger partial charge >= 0.3 is 5.97 Å². The zero-order valence-corrected chi connectivity index (χ0v) is 10.6. The molecule has 2 N–H and O–H groups in total. The van der Waals surface area contributed by atoms with Gasteiger partial charge in [0.1, 0.15) is 11.5 Å². The highest BCUT2D eigenvalue weighted by atomic mass is 19.1. The van der Waals surface area contributed by atoms with Gasteiger partial charge in [-0.05, 0) is 18.2 Å². The standard InChI is InChI=1S/C14H13FN2O3/c15-11-5-2-1-4-10(11)8-17-13(18)9-20-14(19)12-6-3-7-16-12/h1-7,16H,8-9H2,(H,17,18). The van der Waals surface area contributed by atoms with Crippen LogP contribution in [-0.4, -0.2) is 23.5 Å². The van der Waals surface area contributed by atoms with E-state index in [9.17, 15) is 14.0 Å². The number of rotatable bonds is 5. The van der Waals surface area contributed by atoms with E-state index in [1.807, 2.05) is 0 Å². The molecule has 6 heteroatoms. The normalized spacial score (nSPS) is 10.1. The monoisotopic (exact) mass is 276 g/mol. The van der Waals surface area contributed by atoms with Crippen molar-refractivity contribution < 1.29 is 18.7 Å². The third kappa shape index (κ3) is 3.68. The summed E-state index contributed by atoms with van der Waals surface area (Å²) in [6.45, 7) is -0.363. The second-order valence-electron chi connectivity index (χ2n) is 4.03. The Balaban J connectivity index is 1.76. The van der Waals surface area contributed by atoms with E-state index in [0.717, 1.165) is 0 Å². The maximum absolute atomic E-state index is 13.3. The number of aromatic nitrogens is 1. The van der Waals surface area contributed by atoms with E-state index in [1.54, 1.807) is 36.5 Å². The lowest BCUT2D eigenvalue weighted by Gasteiger charge is -2.06. The van der Waals surface area contributed by atoms with Crippen molar-refractivity contribution in [1.29, 1.82) is 0 Å². The van der Waals surface area contributed by atoms with Gasteiger partial charge in [0.05, 0.1) is 0 Å². The first-order chi connectivity index (χ1) is 9.66. The maximum atomic E-state index is 13.3. The number of esters is 1. The Bertz CT molecular complexity index is 596. The van der Waals surface area contributed by atoms with Gasteiger partial charge in [-0.2, -0.15) is 0 Å². The fourth-order valence-corrected chi connectivity index (χ4v) is 1.55. The summed E-state index contributed by atoms with van der Waals surface area (Å²) in [6.07, 6.45) is 1.58. The lowest BCUT2D eigenvalue weighted by molar-refractivity contribution is -0.124. The number of benzene rings is 1. The number of carbonyl (C=O) groups excluding carboxylic acids is 2. The molecule has 1 aromatic heterocycles. The molecular formula is C14H13FN2O3. The molecule has 104 valence electrons. The summed E-state index contributed by atoms with van der Waals surface area (Å²) < 4.78 is 18.1. The summed E-state index contributed by atoms with van der Waals surface area (Å²) in [5.41, 5.74) is 0.642. The molecule has 1 heterocycles. The van der Waals surface area contributed by atoms with E-state index in [2.05, 4.69) is 10.3 Å². The minimum atomic E-state index is -0.615. The molecule has 20 heavy (non-hydrogen) atoms. The van der Waals surface area contributed by atoms with Gasteiger partial charge in [-0.15, -0.1) is 0 Å². The molecule has 0 radical (unpaired) electrons. The predicted molar refractivity (Wildman–Crippen MR) is 69.3 cm³/mol. The Labute approximate surface area is 114 Å². The van der Waals surface area contributed by atoms with Crippen molar-refractivity contribution in [2.45, 2.75) is 6.54 Å². The number of H-pyrrole nitrogens is 1.